The molecule has 1 saturated carbocycles. The lowest BCUT2D eigenvalue weighted by molar-refractivity contribution is 0.127. The molecule has 20 heavy (non-hydrogen) atoms. The van der Waals surface area contributed by atoms with Gasteiger partial charge in [0.25, 0.3) is 0 Å². The molecule has 1 fully saturated rings. The second kappa shape index (κ2) is 5.89. The highest BCUT2D eigenvalue weighted by atomic mass is 14.7. The molecule has 0 aromatic heterocycles. The Kier molecular flexibility index (Phi) is 4.59. The van der Waals surface area contributed by atoms with E-state index in [0.29, 0.717) is 17.4 Å². The number of hydrogen-bond acceptors (Lipinski definition) is 1. The van der Waals surface area contributed by atoms with Gasteiger partial charge in [0.05, 0.1) is 0 Å². The molecule has 3 unspecified atom stereocenters. The first-order valence-corrected chi connectivity index (χ1v) is 8.08. The second-order valence-electron chi connectivity index (χ2n) is 8.00. The average Bonchev–Trinajstić information content (AvgIpc) is 2.29. The summed E-state index contributed by atoms with van der Waals surface area (Å²) in [5.41, 5.74) is 11.0. The van der Waals surface area contributed by atoms with Crippen molar-refractivity contribution in [2.24, 2.45) is 23.0 Å². The molecule has 0 amide bonds. The number of rotatable bonds is 2. The van der Waals surface area contributed by atoms with E-state index in [9.17, 15) is 0 Å². The minimum atomic E-state index is 0.384. The molecule has 0 bridgehead atoms. The van der Waals surface area contributed by atoms with Gasteiger partial charge in [-0.25, -0.2) is 0 Å². The SMILES string of the molecule is Cc1cc(C)cc(CC2CC(C(C)(C)C)CCC2N)c1. The molecule has 2 rings (SSSR count). The molecule has 0 aliphatic heterocycles. The highest BCUT2D eigenvalue weighted by molar-refractivity contribution is 5.29. The molecule has 1 aliphatic rings. The Hall–Kier alpha value is -0.820. The Morgan fingerprint density at radius 2 is 1.65 bits per heavy atom. The summed E-state index contributed by atoms with van der Waals surface area (Å²) in [5, 5.41) is 0. The normalized spacial score (nSPS) is 27.6. The van der Waals surface area contributed by atoms with Crippen molar-refractivity contribution in [2.45, 2.75) is 66.3 Å². The summed E-state index contributed by atoms with van der Waals surface area (Å²) in [6.07, 6.45) is 4.93. The lowest BCUT2D eigenvalue weighted by Crippen LogP contribution is -2.40. The second-order valence-corrected chi connectivity index (χ2v) is 8.00. The van der Waals surface area contributed by atoms with Crippen molar-refractivity contribution < 1.29 is 0 Å². The molecule has 3 atom stereocenters. The van der Waals surface area contributed by atoms with Crippen LogP contribution in [0.1, 0.15) is 56.7 Å². The van der Waals surface area contributed by atoms with Crippen molar-refractivity contribution in [3.8, 4) is 0 Å². The number of nitrogens with two attached hydrogens (primary N) is 1. The van der Waals surface area contributed by atoms with Crippen LogP contribution < -0.4 is 5.73 Å². The lowest BCUT2D eigenvalue weighted by Gasteiger charge is -2.41. The highest BCUT2D eigenvalue weighted by Gasteiger charge is 2.34. The van der Waals surface area contributed by atoms with Crippen LogP contribution in [0.2, 0.25) is 0 Å². The maximum Gasteiger partial charge on any atom is 0.00705 e. The molecular formula is C19H31N. The van der Waals surface area contributed by atoms with Crippen LogP contribution in [0.3, 0.4) is 0 Å². The summed E-state index contributed by atoms with van der Waals surface area (Å²) in [5.74, 6) is 1.47. The number of hydrogen-bond donors (Lipinski definition) is 1. The highest BCUT2D eigenvalue weighted by Crippen LogP contribution is 2.40. The summed E-state index contributed by atoms with van der Waals surface area (Å²) >= 11 is 0. The van der Waals surface area contributed by atoms with Crippen LogP contribution in [-0.2, 0) is 6.42 Å². The average molecular weight is 273 g/mol. The van der Waals surface area contributed by atoms with Crippen molar-refractivity contribution in [1.29, 1.82) is 0 Å². The van der Waals surface area contributed by atoms with Crippen molar-refractivity contribution in [1.82, 2.24) is 0 Å². The van der Waals surface area contributed by atoms with E-state index in [1.54, 1.807) is 0 Å². The summed E-state index contributed by atoms with van der Waals surface area (Å²) in [4.78, 5) is 0. The van der Waals surface area contributed by atoms with Crippen molar-refractivity contribution >= 4 is 0 Å². The maximum atomic E-state index is 6.41. The Morgan fingerprint density at radius 3 is 2.20 bits per heavy atom. The van der Waals surface area contributed by atoms with E-state index in [1.165, 1.54) is 36.0 Å². The van der Waals surface area contributed by atoms with Gasteiger partial charge in [0.2, 0.25) is 0 Å². The van der Waals surface area contributed by atoms with Crippen LogP contribution in [0.4, 0.5) is 0 Å². The zero-order chi connectivity index (χ0) is 14.9. The molecule has 1 aliphatic carbocycles. The van der Waals surface area contributed by atoms with E-state index in [-0.39, 0.29) is 0 Å². The smallest absolute Gasteiger partial charge is 0.00705 e. The molecular weight excluding hydrogens is 242 g/mol. The third-order valence-electron chi connectivity index (χ3n) is 5.05. The fourth-order valence-electron chi connectivity index (χ4n) is 3.80. The van der Waals surface area contributed by atoms with Crippen LogP contribution in [0.5, 0.6) is 0 Å². The van der Waals surface area contributed by atoms with Gasteiger partial charge in [0.15, 0.2) is 0 Å². The minimum absolute atomic E-state index is 0.384. The molecule has 2 N–H and O–H groups in total. The van der Waals surface area contributed by atoms with Crippen molar-refractivity contribution in [2.75, 3.05) is 0 Å². The van der Waals surface area contributed by atoms with Gasteiger partial charge in [-0.3, -0.25) is 0 Å². The van der Waals surface area contributed by atoms with Crippen LogP contribution in [0, 0.1) is 31.1 Å². The van der Waals surface area contributed by atoms with Gasteiger partial charge >= 0.3 is 0 Å². The van der Waals surface area contributed by atoms with E-state index in [2.05, 4.69) is 52.8 Å². The molecule has 0 radical (unpaired) electrons. The maximum absolute atomic E-state index is 6.41. The molecule has 112 valence electrons. The molecule has 0 heterocycles. The number of aryl methyl sites for hydroxylation is 2. The van der Waals surface area contributed by atoms with E-state index < -0.39 is 0 Å². The van der Waals surface area contributed by atoms with Gasteiger partial charge in [0, 0.05) is 6.04 Å². The Balaban J connectivity index is 2.10. The quantitative estimate of drug-likeness (QED) is 0.835. The third kappa shape index (κ3) is 3.85. The van der Waals surface area contributed by atoms with E-state index >= 15 is 0 Å². The number of benzene rings is 1. The van der Waals surface area contributed by atoms with E-state index in [4.69, 9.17) is 5.73 Å². The Morgan fingerprint density at radius 1 is 1.05 bits per heavy atom. The first kappa shape index (κ1) is 15.6. The zero-order valence-electron chi connectivity index (χ0n) is 13.9. The van der Waals surface area contributed by atoms with Crippen LogP contribution in [0.25, 0.3) is 0 Å². The fraction of sp³-hybridized carbons (Fsp3) is 0.684. The molecule has 1 nitrogen and oxygen atoms in total. The largest absolute Gasteiger partial charge is 0.327 e. The van der Waals surface area contributed by atoms with Gasteiger partial charge in [-0.05, 0) is 62.3 Å². The molecule has 1 heteroatoms. The van der Waals surface area contributed by atoms with Gasteiger partial charge in [-0.1, -0.05) is 50.1 Å². The summed E-state index contributed by atoms with van der Waals surface area (Å²) in [6.45, 7) is 11.5. The first-order chi connectivity index (χ1) is 9.25. The van der Waals surface area contributed by atoms with E-state index in [1.807, 2.05) is 0 Å². The molecule has 0 saturated heterocycles. The van der Waals surface area contributed by atoms with Gasteiger partial charge in [-0.15, -0.1) is 0 Å². The zero-order valence-corrected chi connectivity index (χ0v) is 13.9. The predicted octanol–water partition coefficient (Wildman–Crippen LogP) is 4.64. The van der Waals surface area contributed by atoms with Gasteiger partial charge in [-0.2, -0.15) is 0 Å². The van der Waals surface area contributed by atoms with Crippen molar-refractivity contribution in [3.05, 3.63) is 34.9 Å². The fourth-order valence-corrected chi connectivity index (χ4v) is 3.80. The van der Waals surface area contributed by atoms with Crippen LogP contribution >= 0.6 is 0 Å². The minimum Gasteiger partial charge on any atom is -0.327 e. The molecule has 1 aromatic carbocycles. The van der Waals surface area contributed by atoms with Crippen LogP contribution in [0.15, 0.2) is 18.2 Å². The topological polar surface area (TPSA) is 26.0 Å². The summed E-state index contributed by atoms with van der Waals surface area (Å²) < 4.78 is 0. The summed E-state index contributed by atoms with van der Waals surface area (Å²) in [6, 6.07) is 7.30. The van der Waals surface area contributed by atoms with Crippen LogP contribution in [-0.4, -0.2) is 6.04 Å². The monoisotopic (exact) mass is 273 g/mol. The van der Waals surface area contributed by atoms with E-state index in [0.717, 1.165) is 12.3 Å². The molecule has 0 spiro atoms. The first-order valence-electron chi connectivity index (χ1n) is 8.08. The third-order valence-corrected chi connectivity index (χ3v) is 5.05. The summed E-state index contributed by atoms with van der Waals surface area (Å²) in [7, 11) is 0. The molecule has 1 aromatic rings. The lowest BCUT2D eigenvalue weighted by atomic mass is 9.66. The van der Waals surface area contributed by atoms with Crippen molar-refractivity contribution in [3.63, 3.8) is 0 Å². The standard InChI is InChI=1S/C19H31N/c1-13-8-14(2)10-15(9-13)11-16-12-17(19(3,4)5)6-7-18(16)20/h8-10,16-18H,6-7,11-12,20H2,1-5H3. The van der Waals surface area contributed by atoms with Gasteiger partial charge < -0.3 is 5.73 Å². The Labute approximate surface area is 125 Å². The predicted molar refractivity (Wildman–Crippen MR) is 87.9 cm³/mol. The van der Waals surface area contributed by atoms with Gasteiger partial charge in [0.1, 0.15) is 0 Å². The Bertz CT molecular complexity index is 435.